The Morgan fingerprint density at radius 1 is 1.15 bits per heavy atom. The second-order valence-corrected chi connectivity index (χ2v) is 8.59. The van der Waals surface area contributed by atoms with Crippen molar-refractivity contribution in [2.45, 2.75) is 24.0 Å². The predicted molar refractivity (Wildman–Crippen MR) is 104 cm³/mol. The van der Waals surface area contributed by atoms with Gasteiger partial charge in [0, 0.05) is 6.07 Å². The number of hydrazone groups is 1. The van der Waals surface area contributed by atoms with Gasteiger partial charge in [-0.05, 0) is 43.7 Å². The lowest BCUT2D eigenvalue weighted by Crippen LogP contribution is -2.17. The summed E-state index contributed by atoms with van der Waals surface area (Å²) in [4.78, 5) is 0.195. The fourth-order valence-electron chi connectivity index (χ4n) is 2.47. The quantitative estimate of drug-likeness (QED) is 0.518. The number of halogens is 1. The number of nitrogens with one attached hydrogen (secondary N) is 1. The maximum absolute atomic E-state index is 13.2. The third-order valence-electron chi connectivity index (χ3n) is 3.90. The average Bonchev–Trinajstić information content (AvgIpc) is 3.10. The molecule has 0 amide bonds. The van der Waals surface area contributed by atoms with E-state index in [0.717, 1.165) is 0 Å². The van der Waals surface area contributed by atoms with Gasteiger partial charge in [0.25, 0.3) is 0 Å². The molecule has 1 heterocycles. The first-order valence-electron chi connectivity index (χ1n) is 8.31. The first-order valence-corrected chi connectivity index (χ1v) is 9.86. The molecule has 0 radical (unpaired) electrons. The van der Waals surface area contributed by atoms with Crippen molar-refractivity contribution in [2.24, 2.45) is 5.10 Å². The third kappa shape index (κ3) is 4.06. The van der Waals surface area contributed by atoms with Gasteiger partial charge in [0.1, 0.15) is 11.6 Å². The number of hydrogen-bond acceptors (Lipinski definition) is 5. The van der Waals surface area contributed by atoms with Gasteiger partial charge in [-0.15, -0.1) is 0 Å². The lowest BCUT2D eigenvalue weighted by molar-refractivity contribution is 0.586. The van der Waals surface area contributed by atoms with Crippen LogP contribution in [0.1, 0.15) is 19.4 Å². The van der Waals surface area contributed by atoms with Crippen LogP contribution in [0.2, 0.25) is 0 Å². The molecule has 0 saturated heterocycles. The van der Waals surface area contributed by atoms with E-state index in [1.165, 1.54) is 23.0 Å². The van der Waals surface area contributed by atoms with Gasteiger partial charge in [0.15, 0.2) is 9.84 Å². The Kier molecular flexibility index (Phi) is 5.36. The van der Waals surface area contributed by atoms with Crippen LogP contribution in [0.5, 0.6) is 0 Å². The Balaban J connectivity index is 1.92. The topological polar surface area (TPSA) is 76.3 Å². The Morgan fingerprint density at radius 2 is 1.93 bits per heavy atom. The van der Waals surface area contributed by atoms with Crippen LogP contribution in [0.15, 0.2) is 70.8 Å². The summed E-state index contributed by atoms with van der Waals surface area (Å²) in [5.74, 6) is 0.130. The first-order chi connectivity index (χ1) is 12.9. The minimum atomic E-state index is -3.49. The number of aromatic nitrogens is 2. The van der Waals surface area contributed by atoms with Gasteiger partial charge in [-0.1, -0.05) is 24.3 Å². The van der Waals surface area contributed by atoms with Crippen molar-refractivity contribution < 1.29 is 12.8 Å². The van der Waals surface area contributed by atoms with Gasteiger partial charge in [-0.3, -0.25) is 5.43 Å². The van der Waals surface area contributed by atoms with Gasteiger partial charge in [-0.25, -0.2) is 17.5 Å². The Bertz CT molecular complexity index is 1070. The normalized spacial score (nSPS) is 12.0. The molecule has 27 heavy (non-hydrogen) atoms. The number of sulfone groups is 1. The molecule has 0 unspecified atom stereocenters. The lowest BCUT2D eigenvalue weighted by atomic mass is 10.2. The van der Waals surface area contributed by atoms with E-state index in [2.05, 4.69) is 15.6 Å². The van der Waals surface area contributed by atoms with Crippen molar-refractivity contribution in [3.8, 4) is 5.69 Å². The molecule has 0 spiro atoms. The SMILES string of the molecule is CC(C)S(=O)(=O)c1ccccc1-n1nccc1NN=Cc1cccc(F)c1. The van der Waals surface area contributed by atoms with E-state index in [1.54, 1.807) is 62.5 Å². The molecule has 0 aliphatic rings. The van der Waals surface area contributed by atoms with E-state index in [1.807, 2.05) is 0 Å². The van der Waals surface area contributed by atoms with Crippen molar-refractivity contribution in [2.75, 3.05) is 5.43 Å². The highest BCUT2D eigenvalue weighted by Crippen LogP contribution is 2.25. The predicted octanol–water partition coefficient (Wildman–Crippen LogP) is 3.64. The number of hydrogen-bond donors (Lipinski definition) is 1. The molecule has 1 aromatic heterocycles. The van der Waals surface area contributed by atoms with Gasteiger partial charge < -0.3 is 0 Å². The fourth-order valence-corrected chi connectivity index (χ4v) is 3.69. The number of para-hydroxylation sites is 1. The molecule has 2 aromatic carbocycles. The average molecular weight is 386 g/mol. The maximum Gasteiger partial charge on any atom is 0.182 e. The smallest absolute Gasteiger partial charge is 0.182 e. The van der Waals surface area contributed by atoms with Crippen LogP contribution in [0, 0.1) is 5.82 Å². The van der Waals surface area contributed by atoms with E-state index in [9.17, 15) is 12.8 Å². The number of benzene rings is 2. The number of rotatable bonds is 6. The summed E-state index contributed by atoms with van der Waals surface area (Å²) >= 11 is 0. The van der Waals surface area contributed by atoms with Crippen molar-refractivity contribution in [3.05, 3.63) is 72.2 Å². The largest absolute Gasteiger partial charge is 0.261 e. The van der Waals surface area contributed by atoms with Crippen molar-refractivity contribution in [1.29, 1.82) is 0 Å². The molecular weight excluding hydrogens is 367 g/mol. The van der Waals surface area contributed by atoms with Gasteiger partial charge >= 0.3 is 0 Å². The van der Waals surface area contributed by atoms with Crippen LogP contribution in [-0.2, 0) is 9.84 Å². The van der Waals surface area contributed by atoms with E-state index in [0.29, 0.717) is 17.1 Å². The van der Waals surface area contributed by atoms with Crippen LogP contribution >= 0.6 is 0 Å². The molecule has 8 heteroatoms. The van der Waals surface area contributed by atoms with Crippen LogP contribution in [0.25, 0.3) is 5.69 Å². The first kappa shape index (κ1) is 18.8. The summed E-state index contributed by atoms with van der Waals surface area (Å²) in [6.45, 7) is 3.27. The monoisotopic (exact) mass is 386 g/mol. The highest BCUT2D eigenvalue weighted by molar-refractivity contribution is 7.92. The highest BCUT2D eigenvalue weighted by atomic mass is 32.2. The van der Waals surface area contributed by atoms with E-state index >= 15 is 0 Å². The molecule has 0 bridgehead atoms. The number of nitrogens with zero attached hydrogens (tertiary/aromatic N) is 3. The van der Waals surface area contributed by atoms with Crippen molar-refractivity contribution in [3.63, 3.8) is 0 Å². The Labute approximate surface area is 157 Å². The Morgan fingerprint density at radius 3 is 2.67 bits per heavy atom. The summed E-state index contributed by atoms with van der Waals surface area (Å²) in [6, 6.07) is 14.4. The highest BCUT2D eigenvalue weighted by Gasteiger charge is 2.24. The van der Waals surface area contributed by atoms with E-state index in [-0.39, 0.29) is 10.7 Å². The maximum atomic E-state index is 13.2. The molecule has 0 atom stereocenters. The molecule has 0 aliphatic carbocycles. The van der Waals surface area contributed by atoms with Crippen LogP contribution in [0.4, 0.5) is 10.2 Å². The summed E-state index contributed by atoms with van der Waals surface area (Å²) in [7, 11) is -3.49. The zero-order valence-corrected chi connectivity index (χ0v) is 15.7. The summed E-state index contributed by atoms with van der Waals surface area (Å²) in [5.41, 5.74) is 3.84. The Hall–Kier alpha value is -3.00. The molecule has 3 rings (SSSR count). The second kappa shape index (κ2) is 7.71. The van der Waals surface area contributed by atoms with Gasteiger partial charge in [0.05, 0.1) is 28.2 Å². The lowest BCUT2D eigenvalue weighted by Gasteiger charge is -2.14. The van der Waals surface area contributed by atoms with Gasteiger partial charge in [-0.2, -0.15) is 10.2 Å². The summed E-state index contributed by atoms with van der Waals surface area (Å²) in [5, 5.41) is 7.74. The standard InChI is InChI=1S/C19H19FN4O2S/c1-14(2)27(25,26)18-9-4-3-8-17(18)24-19(10-11-22-24)23-21-13-15-6-5-7-16(20)12-15/h3-14,23H,1-2H3. The molecule has 6 nitrogen and oxygen atoms in total. The second-order valence-electron chi connectivity index (χ2n) is 6.11. The molecular formula is C19H19FN4O2S. The summed E-state index contributed by atoms with van der Waals surface area (Å²) < 4.78 is 40.0. The van der Waals surface area contributed by atoms with Crippen LogP contribution in [0.3, 0.4) is 0 Å². The molecule has 3 aromatic rings. The molecule has 1 N–H and O–H groups in total. The minimum absolute atomic E-state index is 0.195. The van der Waals surface area contributed by atoms with E-state index < -0.39 is 15.1 Å². The van der Waals surface area contributed by atoms with Gasteiger partial charge in [0.2, 0.25) is 0 Å². The molecule has 0 fully saturated rings. The third-order valence-corrected chi connectivity index (χ3v) is 6.10. The van der Waals surface area contributed by atoms with Crippen LogP contribution in [-0.4, -0.2) is 29.7 Å². The summed E-state index contributed by atoms with van der Waals surface area (Å²) in [6.07, 6.45) is 3.01. The number of anilines is 1. The molecule has 0 saturated carbocycles. The van der Waals surface area contributed by atoms with E-state index in [4.69, 9.17) is 0 Å². The zero-order chi connectivity index (χ0) is 19.4. The van der Waals surface area contributed by atoms with Crippen molar-refractivity contribution in [1.82, 2.24) is 9.78 Å². The molecule has 140 valence electrons. The molecule has 0 aliphatic heterocycles. The van der Waals surface area contributed by atoms with Crippen molar-refractivity contribution >= 4 is 21.9 Å². The fraction of sp³-hybridized carbons (Fsp3) is 0.158. The van der Waals surface area contributed by atoms with Crippen LogP contribution < -0.4 is 5.43 Å². The minimum Gasteiger partial charge on any atom is -0.261 e. The zero-order valence-electron chi connectivity index (χ0n) is 14.9.